The minimum atomic E-state index is -0.649. The Morgan fingerprint density at radius 1 is 1.03 bits per heavy atom. The number of amides is 5. The molecule has 11 heteroatoms. The summed E-state index contributed by atoms with van der Waals surface area (Å²) in [6, 6.07) is 4.65. The van der Waals surface area contributed by atoms with E-state index < -0.39 is 11.9 Å². The smallest absolute Gasteiger partial charge is 0.255 e. The third kappa shape index (κ3) is 5.52. The first-order valence-electron chi connectivity index (χ1n) is 13.5. The highest BCUT2D eigenvalue weighted by Crippen LogP contribution is 2.30. The van der Waals surface area contributed by atoms with Crippen molar-refractivity contribution in [2.75, 3.05) is 45.9 Å². The monoisotopic (exact) mass is 525 g/mol. The van der Waals surface area contributed by atoms with Crippen LogP contribution < -0.4 is 10.1 Å². The van der Waals surface area contributed by atoms with Crippen LogP contribution >= 0.6 is 0 Å². The lowest BCUT2D eigenvalue weighted by atomic mass is 10.0. The molecule has 1 unspecified atom stereocenters. The van der Waals surface area contributed by atoms with Crippen molar-refractivity contribution in [2.45, 2.75) is 57.7 Å². The van der Waals surface area contributed by atoms with Gasteiger partial charge in [0.15, 0.2) is 0 Å². The van der Waals surface area contributed by atoms with Crippen LogP contribution in [0.4, 0.5) is 0 Å². The molecule has 0 bridgehead atoms. The van der Waals surface area contributed by atoms with Gasteiger partial charge in [-0.15, -0.1) is 0 Å². The number of rotatable bonds is 6. The van der Waals surface area contributed by atoms with Crippen LogP contribution in [0.15, 0.2) is 18.2 Å². The summed E-state index contributed by atoms with van der Waals surface area (Å²) in [4.78, 5) is 68.8. The maximum Gasteiger partial charge on any atom is 0.255 e. The fraction of sp³-hybridized carbons (Fsp3) is 0.593. The Morgan fingerprint density at radius 3 is 2.55 bits per heavy atom. The second-order valence-electron chi connectivity index (χ2n) is 10.5. The van der Waals surface area contributed by atoms with E-state index >= 15 is 0 Å². The van der Waals surface area contributed by atoms with E-state index in [1.54, 1.807) is 19.1 Å². The van der Waals surface area contributed by atoms with E-state index in [1.807, 2.05) is 15.9 Å². The number of fused-ring (bicyclic) bond motifs is 1. The van der Waals surface area contributed by atoms with Crippen molar-refractivity contribution in [2.24, 2.45) is 0 Å². The van der Waals surface area contributed by atoms with Gasteiger partial charge in [-0.1, -0.05) is 0 Å². The molecule has 204 valence electrons. The quantitative estimate of drug-likeness (QED) is 0.533. The van der Waals surface area contributed by atoms with Crippen LogP contribution in [0.1, 0.15) is 54.9 Å². The molecule has 5 rings (SSSR count). The third-order valence-corrected chi connectivity index (χ3v) is 8.06. The van der Waals surface area contributed by atoms with Crippen LogP contribution in [-0.4, -0.2) is 107 Å². The molecule has 4 heterocycles. The van der Waals surface area contributed by atoms with Gasteiger partial charge in [0, 0.05) is 58.2 Å². The summed E-state index contributed by atoms with van der Waals surface area (Å²) in [5.74, 6) is -0.161. The van der Waals surface area contributed by atoms with Crippen molar-refractivity contribution in [3.63, 3.8) is 0 Å². The Kier molecular flexibility index (Phi) is 7.64. The average Bonchev–Trinajstić information content (AvgIpc) is 3.23. The number of hydrogen-bond acceptors (Lipinski definition) is 7. The summed E-state index contributed by atoms with van der Waals surface area (Å²) in [5.41, 5.74) is 1.33. The number of piperazine rings is 1. The number of nitrogens with one attached hydrogen (secondary N) is 1. The number of piperidine rings is 2. The second-order valence-corrected chi connectivity index (χ2v) is 10.5. The van der Waals surface area contributed by atoms with E-state index in [-0.39, 0.29) is 36.1 Å². The van der Waals surface area contributed by atoms with E-state index in [2.05, 4.69) is 10.2 Å². The van der Waals surface area contributed by atoms with Gasteiger partial charge < -0.3 is 19.4 Å². The Balaban J connectivity index is 1.17. The maximum absolute atomic E-state index is 13.2. The van der Waals surface area contributed by atoms with Gasteiger partial charge in [-0.2, -0.15) is 0 Å². The number of hydrogen-bond donors (Lipinski definition) is 1. The van der Waals surface area contributed by atoms with Crippen LogP contribution in [0.3, 0.4) is 0 Å². The normalized spacial score (nSPS) is 24.3. The van der Waals surface area contributed by atoms with Gasteiger partial charge in [0.1, 0.15) is 18.4 Å². The number of imide groups is 1. The molecule has 1 aromatic carbocycles. The van der Waals surface area contributed by atoms with Crippen molar-refractivity contribution in [1.82, 2.24) is 24.9 Å². The summed E-state index contributed by atoms with van der Waals surface area (Å²) in [6.45, 7) is 5.99. The van der Waals surface area contributed by atoms with Crippen LogP contribution in [0.2, 0.25) is 0 Å². The predicted octanol–water partition coefficient (Wildman–Crippen LogP) is 0.372. The van der Waals surface area contributed by atoms with Gasteiger partial charge in [-0.25, -0.2) is 0 Å². The molecule has 2 atom stereocenters. The van der Waals surface area contributed by atoms with Gasteiger partial charge in [-0.05, 0) is 49.4 Å². The highest BCUT2D eigenvalue weighted by Gasteiger charge is 2.39. The molecule has 1 aromatic rings. The fourth-order valence-corrected chi connectivity index (χ4v) is 5.84. The predicted molar refractivity (Wildman–Crippen MR) is 136 cm³/mol. The molecule has 3 fully saturated rings. The number of carbonyl (C=O) groups excluding carboxylic acids is 5. The molecular weight excluding hydrogens is 490 g/mol. The topological polar surface area (TPSA) is 120 Å². The number of carbonyl (C=O) groups is 5. The Bertz CT molecular complexity index is 1130. The summed E-state index contributed by atoms with van der Waals surface area (Å²) in [6.07, 6.45) is 3.42. The summed E-state index contributed by atoms with van der Waals surface area (Å²) < 4.78 is 6.13. The van der Waals surface area contributed by atoms with E-state index in [1.165, 1.54) is 4.90 Å². The van der Waals surface area contributed by atoms with Gasteiger partial charge in [0.25, 0.3) is 5.91 Å². The zero-order valence-electron chi connectivity index (χ0n) is 21.8. The Hall–Kier alpha value is -3.47. The van der Waals surface area contributed by atoms with Crippen LogP contribution in [0.5, 0.6) is 5.75 Å². The van der Waals surface area contributed by atoms with Gasteiger partial charge in [-0.3, -0.25) is 34.2 Å². The van der Waals surface area contributed by atoms with E-state index in [0.717, 1.165) is 24.8 Å². The molecule has 4 aliphatic heterocycles. The summed E-state index contributed by atoms with van der Waals surface area (Å²) in [5, 5.41) is 2.32. The number of nitrogens with zero attached hydrogens (tertiary/aromatic N) is 4. The Morgan fingerprint density at radius 2 is 1.82 bits per heavy atom. The number of ether oxygens (including phenoxy) is 1. The molecule has 4 aliphatic rings. The molecule has 11 nitrogen and oxygen atoms in total. The lowest BCUT2D eigenvalue weighted by Gasteiger charge is -2.38. The minimum absolute atomic E-state index is 0.0235. The van der Waals surface area contributed by atoms with Gasteiger partial charge in [0.05, 0.1) is 12.6 Å². The maximum atomic E-state index is 13.2. The molecule has 0 saturated carbocycles. The van der Waals surface area contributed by atoms with Crippen LogP contribution in [-0.2, 0) is 25.7 Å². The minimum Gasteiger partial charge on any atom is -0.491 e. The summed E-state index contributed by atoms with van der Waals surface area (Å²) >= 11 is 0. The third-order valence-electron chi connectivity index (χ3n) is 8.06. The fourth-order valence-electron chi connectivity index (χ4n) is 5.84. The molecule has 3 saturated heterocycles. The first-order valence-corrected chi connectivity index (χ1v) is 13.5. The zero-order valence-corrected chi connectivity index (χ0v) is 21.8. The molecule has 0 aromatic heterocycles. The van der Waals surface area contributed by atoms with E-state index in [4.69, 9.17) is 4.74 Å². The molecule has 38 heavy (non-hydrogen) atoms. The van der Waals surface area contributed by atoms with Crippen molar-refractivity contribution < 1.29 is 28.7 Å². The number of likely N-dealkylation sites (tertiary alicyclic amines) is 1. The first kappa shape index (κ1) is 26.1. The number of benzene rings is 1. The van der Waals surface area contributed by atoms with Crippen molar-refractivity contribution in [3.05, 3.63) is 29.3 Å². The molecule has 0 radical (unpaired) electrons. The molecular formula is C27H35N5O6. The molecule has 1 N–H and O–H groups in total. The van der Waals surface area contributed by atoms with Crippen LogP contribution in [0.25, 0.3) is 0 Å². The highest BCUT2D eigenvalue weighted by molar-refractivity contribution is 6.05. The first-order chi connectivity index (χ1) is 18.3. The van der Waals surface area contributed by atoms with Crippen molar-refractivity contribution in [3.8, 4) is 5.75 Å². The standard InChI is InChI=1S/C27H35N5O6/c1-18(33)30-12-10-29(11-13-30)16-25(35)31-9-3-2-4-20(31)17-38-21-5-6-22-19(14-21)15-32(27(22)37)23-7-8-24(34)28-26(23)36/h5-6,14,20,23H,2-4,7-13,15-17H2,1H3,(H,28,34,36)/t20-,23?/m1/s1. The van der Waals surface area contributed by atoms with Crippen molar-refractivity contribution in [1.29, 1.82) is 0 Å². The largest absolute Gasteiger partial charge is 0.491 e. The second kappa shape index (κ2) is 11.1. The SMILES string of the molecule is CC(=O)N1CCN(CC(=O)N2CCCC[C@@H]2COc2ccc3c(c2)CN(C2CCC(=O)NC2=O)C3=O)CC1. The molecule has 0 spiro atoms. The Labute approximate surface area is 222 Å². The van der Waals surface area contributed by atoms with Gasteiger partial charge >= 0.3 is 0 Å². The lowest BCUT2D eigenvalue weighted by Crippen LogP contribution is -2.54. The van der Waals surface area contributed by atoms with Crippen molar-refractivity contribution >= 4 is 29.5 Å². The lowest BCUT2D eigenvalue weighted by molar-refractivity contribution is -0.139. The molecule has 5 amide bonds. The summed E-state index contributed by atoms with van der Waals surface area (Å²) in [7, 11) is 0. The van der Waals surface area contributed by atoms with E-state index in [0.29, 0.717) is 70.2 Å². The zero-order chi connectivity index (χ0) is 26.8. The van der Waals surface area contributed by atoms with E-state index in [9.17, 15) is 24.0 Å². The average molecular weight is 526 g/mol. The highest BCUT2D eigenvalue weighted by atomic mass is 16.5. The van der Waals surface area contributed by atoms with Gasteiger partial charge in [0.2, 0.25) is 23.6 Å². The molecule has 0 aliphatic carbocycles. The van der Waals surface area contributed by atoms with Crippen LogP contribution in [0, 0.1) is 0 Å².